The summed E-state index contributed by atoms with van der Waals surface area (Å²) in [5.74, 6) is -0.890. The van der Waals surface area contributed by atoms with Crippen molar-refractivity contribution in [3.8, 4) is 0 Å². The summed E-state index contributed by atoms with van der Waals surface area (Å²) in [5.41, 5.74) is 1.96. The Morgan fingerprint density at radius 1 is 1.21 bits per heavy atom. The molecule has 1 heterocycles. The Morgan fingerprint density at radius 2 is 1.92 bits per heavy atom. The van der Waals surface area contributed by atoms with Crippen molar-refractivity contribution >= 4 is 39.6 Å². The molecular weight excluding hydrogens is 328 g/mol. The lowest BCUT2D eigenvalue weighted by molar-refractivity contribution is 0.0697. The second-order valence-corrected chi connectivity index (χ2v) is 5.76. The van der Waals surface area contributed by atoms with E-state index in [-0.39, 0.29) is 27.5 Å². The number of nitrogens with one attached hydrogen (secondary N) is 1. The molecular formula is C18H13ClN2O3. The molecule has 0 aliphatic heterocycles. The lowest BCUT2D eigenvalue weighted by atomic mass is 10.1. The molecule has 0 aliphatic carbocycles. The molecule has 0 saturated heterocycles. The zero-order valence-electron chi connectivity index (χ0n) is 12.7. The zero-order valence-corrected chi connectivity index (χ0v) is 13.5. The van der Waals surface area contributed by atoms with Crippen molar-refractivity contribution in [1.29, 1.82) is 0 Å². The van der Waals surface area contributed by atoms with E-state index < -0.39 is 5.97 Å². The van der Waals surface area contributed by atoms with Gasteiger partial charge in [-0.1, -0.05) is 41.4 Å². The molecule has 0 fully saturated rings. The van der Waals surface area contributed by atoms with Crippen LogP contribution < -0.4 is 5.56 Å². The normalized spacial score (nSPS) is 11.7. The van der Waals surface area contributed by atoms with Crippen molar-refractivity contribution in [2.45, 2.75) is 6.92 Å². The van der Waals surface area contributed by atoms with Gasteiger partial charge in [0.25, 0.3) is 5.56 Å². The molecule has 0 amide bonds. The third-order valence-electron chi connectivity index (χ3n) is 3.55. The van der Waals surface area contributed by atoms with Crippen LogP contribution in [0, 0.1) is 6.92 Å². The van der Waals surface area contributed by atoms with E-state index in [1.165, 1.54) is 18.2 Å². The predicted molar refractivity (Wildman–Crippen MR) is 94.2 cm³/mol. The summed E-state index contributed by atoms with van der Waals surface area (Å²) in [6, 6.07) is 11.9. The molecule has 0 spiro atoms. The molecule has 3 rings (SSSR count). The molecule has 0 unspecified atom stereocenters. The Hall–Kier alpha value is -2.92. The summed E-state index contributed by atoms with van der Waals surface area (Å²) in [5, 5.41) is 9.63. The second kappa shape index (κ2) is 6.29. The minimum atomic E-state index is -1.08. The first kappa shape index (κ1) is 16.0. The van der Waals surface area contributed by atoms with Crippen LogP contribution in [0.25, 0.3) is 22.0 Å². The first-order valence-corrected chi connectivity index (χ1v) is 7.53. The molecule has 0 saturated carbocycles. The number of aromatic amines is 1. The quantitative estimate of drug-likeness (QED) is 0.762. The number of carboxylic acids is 1. The van der Waals surface area contributed by atoms with E-state index in [1.807, 2.05) is 31.2 Å². The molecule has 24 heavy (non-hydrogen) atoms. The fourth-order valence-corrected chi connectivity index (χ4v) is 2.48. The number of hydrogen-bond acceptors (Lipinski definition) is 3. The number of benzene rings is 2. The van der Waals surface area contributed by atoms with E-state index in [1.54, 1.807) is 6.08 Å². The number of hydrogen-bond donors (Lipinski definition) is 2. The van der Waals surface area contributed by atoms with Gasteiger partial charge >= 0.3 is 5.97 Å². The molecule has 2 aromatic carbocycles. The number of halogens is 1. The summed E-state index contributed by atoms with van der Waals surface area (Å²) >= 11 is 6.27. The number of H-pyrrole nitrogens is 1. The van der Waals surface area contributed by atoms with Gasteiger partial charge < -0.3 is 10.1 Å². The monoisotopic (exact) mass is 340 g/mol. The summed E-state index contributed by atoms with van der Waals surface area (Å²) < 4.78 is 0. The number of nitrogens with zero attached hydrogens (tertiary/aromatic N) is 1. The van der Waals surface area contributed by atoms with E-state index in [0.29, 0.717) is 5.39 Å². The van der Waals surface area contributed by atoms with Gasteiger partial charge in [0.2, 0.25) is 0 Å². The van der Waals surface area contributed by atoms with Crippen molar-refractivity contribution < 1.29 is 9.90 Å². The predicted octanol–water partition coefficient (Wildman–Crippen LogP) is 3.67. The van der Waals surface area contributed by atoms with Crippen molar-refractivity contribution in [3.05, 3.63) is 75.3 Å². The first-order valence-electron chi connectivity index (χ1n) is 7.15. The molecule has 2 N–H and O–H groups in total. The number of fused-ring (bicyclic) bond motifs is 1. The van der Waals surface area contributed by atoms with Crippen molar-refractivity contribution in [1.82, 2.24) is 9.97 Å². The van der Waals surface area contributed by atoms with Crippen LogP contribution in [0.5, 0.6) is 0 Å². The van der Waals surface area contributed by atoms with Crippen LogP contribution >= 0.6 is 11.6 Å². The average Bonchev–Trinajstić information content (AvgIpc) is 2.56. The Bertz CT molecular complexity index is 1020. The van der Waals surface area contributed by atoms with E-state index in [0.717, 1.165) is 11.1 Å². The fraction of sp³-hybridized carbons (Fsp3) is 0.0556. The van der Waals surface area contributed by atoms with Crippen LogP contribution in [0.3, 0.4) is 0 Å². The highest BCUT2D eigenvalue weighted by Crippen LogP contribution is 2.20. The van der Waals surface area contributed by atoms with E-state index >= 15 is 0 Å². The number of aryl methyl sites for hydroxylation is 1. The van der Waals surface area contributed by atoms with Crippen LogP contribution in [-0.4, -0.2) is 21.0 Å². The Balaban J connectivity index is 2.10. The molecule has 0 bridgehead atoms. The van der Waals surface area contributed by atoms with Crippen molar-refractivity contribution in [3.63, 3.8) is 0 Å². The highest BCUT2D eigenvalue weighted by atomic mass is 35.5. The average molecular weight is 341 g/mol. The maximum atomic E-state index is 12.2. The minimum Gasteiger partial charge on any atom is -0.478 e. The van der Waals surface area contributed by atoms with Crippen LogP contribution in [0.4, 0.5) is 0 Å². The molecule has 1 aromatic heterocycles. The molecule has 0 radical (unpaired) electrons. The van der Waals surface area contributed by atoms with E-state index in [4.69, 9.17) is 16.7 Å². The zero-order chi connectivity index (χ0) is 17.3. The highest BCUT2D eigenvalue weighted by Gasteiger charge is 2.10. The van der Waals surface area contributed by atoms with Gasteiger partial charge in [0, 0.05) is 0 Å². The van der Waals surface area contributed by atoms with Gasteiger partial charge in [-0.2, -0.15) is 0 Å². The van der Waals surface area contributed by atoms with E-state index in [2.05, 4.69) is 9.97 Å². The highest BCUT2D eigenvalue weighted by molar-refractivity contribution is 6.50. The van der Waals surface area contributed by atoms with Crippen LogP contribution in [0.2, 0.25) is 0 Å². The lowest BCUT2D eigenvalue weighted by Gasteiger charge is -2.03. The van der Waals surface area contributed by atoms with Crippen molar-refractivity contribution in [2.75, 3.05) is 0 Å². The SMILES string of the molecule is Cc1ccc(/C=C(\Cl)c2nc3cc(C(=O)O)ccc3c(=O)[nH]2)cc1. The van der Waals surface area contributed by atoms with Gasteiger partial charge in [-0.15, -0.1) is 0 Å². The van der Waals surface area contributed by atoms with Gasteiger partial charge in [-0.3, -0.25) is 4.79 Å². The first-order chi connectivity index (χ1) is 11.4. The second-order valence-electron chi connectivity index (χ2n) is 5.35. The van der Waals surface area contributed by atoms with Gasteiger partial charge in [0.1, 0.15) is 0 Å². The molecule has 5 nitrogen and oxygen atoms in total. The molecule has 6 heteroatoms. The van der Waals surface area contributed by atoms with Crippen LogP contribution in [-0.2, 0) is 0 Å². The smallest absolute Gasteiger partial charge is 0.335 e. The van der Waals surface area contributed by atoms with E-state index in [9.17, 15) is 9.59 Å². The van der Waals surface area contributed by atoms with Gasteiger partial charge in [0.05, 0.1) is 21.5 Å². The summed E-state index contributed by atoms with van der Waals surface area (Å²) in [4.78, 5) is 30.1. The minimum absolute atomic E-state index is 0.0604. The topological polar surface area (TPSA) is 83.0 Å². The third-order valence-corrected chi connectivity index (χ3v) is 3.84. The van der Waals surface area contributed by atoms with Gasteiger partial charge in [-0.25, -0.2) is 9.78 Å². The number of rotatable bonds is 3. The Morgan fingerprint density at radius 3 is 2.58 bits per heavy atom. The van der Waals surface area contributed by atoms with Crippen LogP contribution in [0.1, 0.15) is 27.3 Å². The maximum absolute atomic E-state index is 12.2. The standard InChI is InChI=1S/C18H13ClN2O3/c1-10-2-4-11(5-3-10)8-14(19)16-20-15-9-12(18(23)24)6-7-13(15)17(22)21-16/h2-9H,1H3,(H,23,24)(H,20,21,22)/b14-8-. The Kier molecular flexibility index (Phi) is 4.18. The van der Waals surface area contributed by atoms with Crippen LogP contribution in [0.15, 0.2) is 47.3 Å². The number of carboxylic acid groups (broad SMARTS) is 1. The number of aromatic nitrogens is 2. The molecule has 0 atom stereocenters. The summed E-state index contributed by atoms with van der Waals surface area (Å²) in [7, 11) is 0. The molecule has 120 valence electrons. The van der Waals surface area contributed by atoms with Gasteiger partial charge in [-0.05, 0) is 36.8 Å². The lowest BCUT2D eigenvalue weighted by Crippen LogP contribution is -2.11. The summed E-state index contributed by atoms with van der Waals surface area (Å²) in [6.45, 7) is 1.98. The van der Waals surface area contributed by atoms with Gasteiger partial charge in [0.15, 0.2) is 5.82 Å². The Labute approximate surface area is 142 Å². The molecule has 3 aromatic rings. The fourth-order valence-electron chi connectivity index (χ4n) is 2.26. The maximum Gasteiger partial charge on any atom is 0.335 e. The largest absolute Gasteiger partial charge is 0.478 e. The number of carbonyl (C=O) groups is 1. The third kappa shape index (κ3) is 3.21. The summed E-state index contributed by atoms with van der Waals surface area (Å²) in [6.07, 6.45) is 1.69. The molecule has 0 aliphatic rings. The van der Waals surface area contributed by atoms with Crippen molar-refractivity contribution in [2.24, 2.45) is 0 Å². The number of aromatic carboxylic acids is 1.